The molecule has 19 heavy (non-hydrogen) atoms. The predicted molar refractivity (Wildman–Crippen MR) is 70.6 cm³/mol. The largest absolute Gasteiger partial charge is 0.467 e. The summed E-state index contributed by atoms with van der Waals surface area (Å²) < 4.78 is 9.94. The normalized spacial score (nSPS) is 25.7. The van der Waals surface area contributed by atoms with Gasteiger partial charge in [-0.2, -0.15) is 0 Å². The summed E-state index contributed by atoms with van der Waals surface area (Å²) in [6.45, 7) is 4.55. The highest BCUT2D eigenvalue weighted by Gasteiger charge is 2.33. The molecule has 0 aromatic rings. The lowest BCUT2D eigenvalue weighted by molar-refractivity contribution is -0.146. The Morgan fingerprint density at radius 3 is 2.58 bits per heavy atom. The molecular weight excluding hydrogens is 248 g/mol. The third kappa shape index (κ3) is 4.18. The second kappa shape index (κ2) is 7.45. The molecule has 1 fully saturated rings. The van der Waals surface area contributed by atoms with Crippen molar-refractivity contribution in [2.75, 3.05) is 20.8 Å². The van der Waals surface area contributed by atoms with Crippen LogP contribution in [0.15, 0.2) is 0 Å². The molecule has 6 nitrogen and oxygen atoms in total. The maximum atomic E-state index is 12.1. The molecule has 0 aromatic heterocycles. The van der Waals surface area contributed by atoms with E-state index in [1.54, 1.807) is 7.11 Å². The van der Waals surface area contributed by atoms with Gasteiger partial charge in [-0.25, -0.2) is 4.79 Å². The number of ether oxygens (including phenoxy) is 2. The van der Waals surface area contributed by atoms with E-state index >= 15 is 0 Å². The Balaban J connectivity index is 2.59. The number of hydrogen-bond donors (Lipinski definition) is 2. The molecule has 6 heteroatoms. The minimum Gasteiger partial charge on any atom is -0.467 e. The Labute approximate surface area is 114 Å². The van der Waals surface area contributed by atoms with Crippen molar-refractivity contribution in [1.29, 1.82) is 0 Å². The van der Waals surface area contributed by atoms with Crippen LogP contribution in [0, 0.1) is 5.92 Å². The van der Waals surface area contributed by atoms with Crippen LogP contribution in [-0.4, -0.2) is 50.8 Å². The van der Waals surface area contributed by atoms with Gasteiger partial charge in [0.05, 0.1) is 19.3 Å². The van der Waals surface area contributed by atoms with Gasteiger partial charge in [0, 0.05) is 13.7 Å². The van der Waals surface area contributed by atoms with E-state index in [0.717, 1.165) is 6.42 Å². The van der Waals surface area contributed by atoms with E-state index in [2.05, 4.69) is 10.6 Å². The van der Waals surface area contributed by atoms with Crippen LogP contribution < -0.4 is 10.6 Å². The van der Waals surface area contributed by atoms with Crippen molar-refractivity contribution < 1.29 is 19.1 Å². The second-order valence-electron chi connectivity index (χ2n) is 4.95. The van der Waals surface area contributed by atoms with Crippen LogP contribution in [-0.2, 0) is 19.1 Å². The quantitative estimate of drug-likeness (QED) is 0.669. The minimum absolute atomic E-state index is 0.0380. The molecule has 4 unspecified atom stereocenters. The Hall–Kier alpha value is -1.14. The van der Waals surface area contributed by atoms with Gasteiger partial charge in [0.1, 0.15) is 6.04 Å². The van der Waals surface area contributed by atoms with Crippen LogP contribution in [0.2, 0.25) is 0 Å². The first-order chi connectivity index (χ1) is 9.03. The number of esters is 1. The first-order valence-corrected chi connectivity index (χ1v) is 6.67. The highest BCUT2D eigenvalue weighted by atomic mass is 16.5. The van der Waals surface area contributed by atoms with Crippen LogP contribution in [0.5, 0.6) is 0 Å². The lowest BCUT2D eigenvalue weighted by atomic mass is 9.98. The Bertz CT molecular complexity index is 322. The summed E-state index contributed by atoms with van der Waals surface area (Å²) >= 11 is 0. The number of amides is 1. The molecule has 0 spiro atoms. The van der Waals surface area contributed by atoms with Crippen LogP contribution in [0.4, 0.5) is 0 Å². The number of hydrogen-bond acceptors (Lipinski definition) is 5. The SMILES string of the molecule is CCC(C)C(NC(=O)C1CC(OC)CN1)C(=O)OC. The number of carbonyl (C=O) groups is 2. The Morgan fingerprint density at radius 1 is 1.42 bits per heavy atom. The van der Waals surface area contributed by atoms with Gasteiger partial charge >= 0.3 is 5.97 Å². The summed E-state index contributed by atoms with van der Waals surface area (Å²) in [7, 11) is 2.96. The van der Waals surface area contributed by atoms with Gasteiger partial charge in [0.25, 0.3) is 0 Å². The first-order valence-electron chi connectivity index (χ1n) is 6.67. The lowest BCUT2D eigenvalue weighted by Gasteiger charge is -2.23. The predicted octanol–water partition coefficient (Wildman–Crippen LogP) is 0.0672. The van der Waals surface area contributed by atoms with Crippen molar-refractivity contribution in [3.63, 3.8) is 0 Å². The maximum Gasteiger partial charge on any atom is 0.328 e. The summed E-state index contributed by atoms with van der Waals surface area (Å²) in [5.41, 5.74) is 0. The number of nitrogens with one attached hydrogen (secondary N) is 2. The molecule has 1 aliphatic rings. The van der Waals surface area contributed by atoms with Crippen LogP contribution in [0.3, 0.4) is 0 Å². The van der Waals surface area contributed by atoms with E-state index < -0.39 is 12.0 Å². The zero-order chi connectivity index (χ0) is 14.4. The van der Waals surface area contributed by atoms with Gasteiger partial charge in [-0.05, 0) is 12.3 Å². The Kier molecular flexibility index (Phi) is 6.24. The molecule has 1 amide bonds. The van der Waals surface area contributed by atoms with E-state index in [-0.39, 0.29) is 24.0 Å². The molecule has 0 saturated carbocycles. The molecule has 0 aliphatic carbocycles. The number of carbonyl (C=O) groups excluding carboxylic acids is 2. The van der Waals surface area contributed by atoms with E-state index in [9.17, 15) is 9.59 Å². The monoisotopic (exact) mass is 272 g/mol. The maximum absolute atomic E-state index is 12.1. The van der Waals surface area contributed by atoms with Gasteiger partial charge in [-0.3, -0.25) is 4.79 Å². The molecule has 1 rings (SSSR count). The third-order valence-electron chi connectivity index (χ3n) is 3.71. The van der Waals surface area contributed by atoms with E-state index in [1.165, 1.54) is 7.11 Å². The van der Waals surface area contributed by atoms with Crippen molar-refractivity contribution in [3.05, 3.63) is 0 Å². The van der Waals surface area contributed by atoms with Crippen molar-refractivity contribution >= 4 is 11.9 Å². The summed E-state index contributed by atoms with van der Waals surface area (Å²) in [4.78, 5) is 23.8. The fraction of sp³-hybridized carbons (Fsp3) is 0.846. The van der Waals surface area contributed by atoms with Gasteiger partial charge in [0.15, 0.2) is 0 Å². The fourth-order valence-electron chi connectivity index (χ4n) is 2.13. The Morgan fingerprint density at radius 2 is 2.11 bits per heavy atom. The molecule has 2 N–H and O–H groups in total. The number of rotatable bonds is 6. The van der Waals surface area contributed by atoms with Gasteiger partial charge < -0.3 is 20.1 Å². The van der Waals surface area contributed by atoms with Crippen molar-refractivity contribution in [1.82, 2.24) is 10.6 Å². The fourth-order valence-corrected chi connectivity index (χ4v) is 2.13. The second-order valence-corrected chi connectivity index (χ2v) is 4.95. The molecule has 0 radical (unpaired) electrons. The van der Waals surface area contributed by atoms with Crippen molar-refractivity contribution in [2.24, 2.45) is 5.92 Å². The number of methoxy groups -OCH3 is 2. The zero-order valence-electron chi connectivity index (χ0n) is 12.1. The van der Waals surface area contributed by atoms with Crippen LogP contribution in [0.25, 0.3) is 0 Å². The van der Waals surface area contributed by atoms with E-state index in [4.69, 9.17) is 9.47 Å². The van der Waals surface area contributed by atoms with E-state index in [1.807, 2.05) is 13.8 Å². The van der Waals surface area contributed by atoms with Gasteiger partial charge in [-0.1, -0.05) is 20.3 Å². The topological polar surface area (TPSA) is 76.7 Å². The molecule has 1 heterocycles. The lowest BCUT2D eigenvalue weighted by Crippen LogP contribution is -2.51. The molecule has 0 bridgehead atoms. The van der Waals surface area contributed by atoms with Crippen LogP contribution in [0.1, 0.15) is 26.7 Å². The summed E-state index contributed by atoms with van der Waals surface area (Å²) in [6, 6.07) is -0.896. The standard InChI is InChI=1S/C13H24N2O4/c1-5-8(2)11(13(17)19-4)15-12(16)10-6-9(18-3)7-14-10/h8-11,14H,5-7H2,1-4H3,(H,15,16). The molecule has 0 aromatic carbocycles. The van der Waals surface area contributed by atoms with Crippen molar-refractivity contribution in [3.8, 4) is 0 Å². The zero-order valence-corrected chi connectivity index (χ0v) is 12.1. The molecule has 4 atom stereocenters. The van der Waals surface area contributed by atoms with Crippen molar-refractivity contribution in [2.45, 2.75) is 44.9 Å². The summed E-state index contributed by atoms with van der Waals surface area (Å²) in [5.74, 6) is -0.532. The minimum atomic E-state index is -0.592. The molecular formula is C13H24N2O4. The average Bonchev–Trinajstić information content (AvgIpc) is 2.91. The average molecular weight is 272 g/mol. The highest BCUT2D eigenvalue weighted by Crippen LogP contribution is 2.13. The molecule has 1 aliphatic heterocycles. The van der Waals surface area contributed by atoms with Gasteiger partial charge in [-0.15, -0.1) is 0 Å². The first kappa shape index (κ1) is 15.9. The summed E-state index contributed by atoms with van der Waals surface area (Å²) in [6.07, 6.45) is 1.46. The van der Waals surface area contributed by atoms with E-state index in [0.29, 0.717) is 13.0 Å². The smallest absolute Gasteiger partial charge is 0.328 e. The van der Waals surface area contributed by atoms with Gasteiger partial charge in [0.2, 0.25) is 5.91 Å². The molecule has 1 saturated heterocycles. The molecule has 110 valence electrons. The van der Waals surface area contributed by atoms with Crippen LogP contribution >= 0.6 is 0 Å². The summed E-state index contributed by atoms with van der Waals surface area (Å²) in [5, 5.41) is 5.86. The highest BCUT2D eigenvalue weighted by molar-refractivity contribution is 5.87. The third-order valence-corrected chi connectivity index (χ3v) is 3.71.